The highest BCUT2D eigenvalue weighted by Gasteiger charge is 2.31. The first-order valence-corrected chi connectivity index (χ1v) is 7.28. The van der Waals surface area contributed by atoms with Crippen LogP contribution in [-0.4, -0.2) is 32.7 Å². The van der Waals surface area contributed by atoms with Crippen LogP contribution in [0.1, 0.15) is 19.3 Å². The normalized spacial score (nSPS) is 24.3. The number of nitrogen functional groups attached to an aromatic ring is 1. The fraction of sp³-hybridized carbons (Fsp3) is 0.545. The lowest BCUT2D eigenvalue weighted by Gasteiger charge is -2.19. The standard InChI is InChI=1S/C11H17N3O3S/c1-17-10-4-2-3-9(10)14-18(15,16)8-5-6-13-11(12)7-8/h5-7,9-10,14H,2-4H2,1H3,(H2,12,13). The second kappa shape index (κ2) is 5.21. The number of nitrogens with two attached hydrogens (primary N) is 1. The summed E-state index contributed by atoms with van der Waals surface area (Å²) in [6.07, 6.45) is 3.95. The van der Waals surface area contributed by atoms with Crippen LogP contribution >= 0.6 is 0 Å². The highest BCUT2D eigenvalue weighted by Crippen LogP contribution is 2.23. The van der Waals surface area contributed by atoms with Gasteiger partial charge in [0, 0.05) is 25.4 Å². The van der Waals surface area contributed by atoms with E-state index in [2.05, 4.69) is 9.71 Å². The van der Waals surface area contributed by atoms with Crippen molar-refractivity contribution in [2.45, 2.75) is 36.3 Å². The zero-order chi connectivity index (χ0) is 13.2. The molecule has 7 heteroatoms. The van der Waals surface area contributed by atoms with E-state index < -0.39 is 10.0 Å². The molecule has 1 heterocycles. The number of nitrogens with zero attached hydrogens (tertiary/aromatic N) is 1. The molecule has 1 aliphatic rings. The Labute approximate surface area is 107 Å². The Bertz CT molecular complexity index is 518. The van der Waals surface area contributed by atoms with E-state index in [1.165, 1.54) is 18.3 Å². The molecule has 6 nitrogen and oxygen atoms in total. The lowest BCUT2D eigenvalue weighted by molar-refractivity contribution is 0.0916. The maximum Gasteiger partial charge on any atom is 0.241 e. The van der Waals surface area contributed by atoms with Crippen molar-refractivity contribution in [3.63, 3.8) is 0 Å². The molecular formula is C11H17N3O3S. The van der Waals surface area contributed by atoms with Gasteiger partial charge in [-0.3, -0.25) is 0 Å². The monoisotopic (exact) mass is 271 g/mol. The summed E-state index contributed by atoms with van der Waals surface area (Å²) in [6.45, 7) is 0. The van der Waals surface area contributed by atoms with Crippen LogP contribution in [0.25, 0.3) is 0 Å². The van der Waals surface area contributed by atoms with Gasteiger partial charge in [0.15, 0.2) is 0 Å². The van der Waals surface area contributed by atoms with Gasteiger partial charge in [-0.05, 0) is 25.3 Å². The Morgan fingerprint density at radius 3 is 2.94 bits per heavy atom. The lowest BCUT2D eigenvalue weighted by atomic mass is 10.2. The summed E-state index contributed by atoms with van der Waals surface area (Å²) in [5, 5.41) is 0. The van der Waals surface area contributed by atoms with Gasteiger partial charge < -0.3 is 10.5 Å². The Morgan fingerprint density at radius 2 is 2.28 bits per heavy atom. The second-order valence-electron chi connectivity index (χ2n) is 4.35. The number of hydrogen-bond donors (Lipinski definition) is 2. The fourth-order valence-corrected chi connectivity index (χ4v) is 3.53. The molecular weight excluding hydrogens is 254 g/mol. The summed E-state index contributed by atoms with van der Waals surface area (Å²) >= 11 is 0. The zero-order valence-electron chi connectivity index (χ0n) is 10.2. The number of nitrogens with one attached hydrogen (secondary N) is 1. The SMILES string of the molecule is COC1CCCC1NS(=O)(=O)c1ccnc(N)c1. The van der Waals surface area contributed by atoms with Gasteiger partial charge in [-0.2, -0.15) is 0 Å². The van der Waals surface area contributed by atoms with Gasteiger partial charge in [-0.25, -0.2) is 18.1 Å². The zero-order valence-corrected chi connectivity index (χ0v) is 11.0. The van der Waals surface area contributed by atoms with Crippen LogP contribution in [0.2, 0.25) is 0 Å². The van der Waals surface area contributed by atoms with Gasteiger partial charge in [-0.15, -0.1) is 0 Å². The smallest absolute Gasteiger partial charge is 0.241 e. The van der Waals surface area contributed by atoms with Crippen molar-refractivity contribution in [1.82, 2.24) is 9.71 Å². The third kappa shape index (κ3) is 2.80. The molecule has 0 spiro atoms. The quantitative estimate of drug-likeness (QED) is 0.832. The van der Waals surface area contributed by atoms with Crippen LogP contribution in [0.4, 0.5) is 5.82 Å². The molecule has 0 radical (unpaired) electrons. The molecule has 100 valence electrons. The minimum absolute atomic E-state index is 0.0565. The molecule has 0 aliphatic heterocycles. The number of anilines is 1. The first-order valence-electron chi connectivity index (χ1n) is 5.79. The van der Waals surface area contributed by atoms with E-state index >= 15 is 0 Å². The number of sulfonamides is 1. The molecule has 2 rings (SSSR count). The van der Waals surface area contributed by atoms with Gasteiger partial charge in [0.25, 0.3) is 0 Å². The molecule has 1 aliphatic carbocycles. The number of hydrogen-bond acceptors (Lipinski definition) is 5. The van der Waals surface area contributed by atoms with Crippen molar-refractivity contribution < 1.29 is 13.2 Å². The fourth-order valence-electron chi connectivity index (χ4n) is 2.21. The molecule has 1 aromatic heterocycles. The molecule has 3 N–H and O–H groups in total. The maximum absolute atomic E-state index is 12.2. The predicted octanol–water partition coefficient (Wildman–Crippen LogP) is 0.510. The predicted molar refractivity (Wildman–Crippen MR) is 67.4 cm³/mol. The third-order valence-corrected chi connectivity index (χ3v) is 4.61. The minimum atomic E-state index is -3.56. The maximum atomic E-state index is 12.2. The number of pyridine rings is 1. The van der Waals surface area contributed by atoms with Crippen molar-refractivity contribution in [3.05, 3.63) is 18.3 Å². The van der Waals surface area contributed by atoms with Crippen molar-refractivity contribution in [3.8, 4) is 0 Å². The number of rotatable bonds is 4. The van der Waals surface area contributed by atoms with Gasteiger partial charge in [0.2, 0.25) is 10.0 Å². The van der Waals surface area contributed by atoms with E-state index in [4.69, 9.17) is 10.5 Å². The second-order valence-corrected chi connectivity index (χ2v) is 6.06. The van der Waals surface area contributed by atoms with E-state index in [0.717, 1.165) is 19.3 Å². The van der Waals surface area contributed by atoms with Gasteiger partial charge >= 0.3 is 0 Å². The number of aromatic nitrogens is 1. The molecule has 0 amide bonds. The number of ether oxygens (including phenoxy) is 1. The topological polar surface area (TPSA) is 94.3 Å². The minimum Gasteiger partial charge on any atom is -0.384 e. The van der Waals surface area contributed by atoms with Crippen molar-refractivity contribution in [2.75, 3.05) is 12.8 Å². The Kier molecular flexibility index (Phi) is 3.84. The lowest BCUT2D eigenvalue weighted by Crippen LogP contribution is -2.40. The molecule has 1 aromatic rings. The summed E-state index contributed by atoms with van der Waals surface area (Å²) in [4.78, 5) is 3.91. The van der Waals surface area contributed by atoms with E-state index in [0.29, 0.717) is 0 Å². The van der Waals surface area contributed by atoms with Crippen LogP contribution in [0, 0.1) is 0 Å². The summed E-state index contributed by atoms with van der Waals surface area (Å²) in [6, 6.07) is 2.60. The molecule has 0 saturated heterocycles. The Balaban J connectivity index is 2.17. The van der Waals surface area contributed by atoms with Crippen LogP contribution < -0.4 is 10.5 Å². The van der Waals surface area contributed by atoms with Crippen LogP contribution in [0.15, 0.2) is 23.2 Å². The van der Waals surface area contributed by atoms with E-state index in [1.807, 2.05) is 0 Å². The van der Waals surface area contributed by atoms with Crippen molar-refractivity contribution in [1.29, 1.82) is 0 Å². The third-order valence-electron chi connectivity index (χ3n) is 3.12. The van der Waals surface area contributed by atoms with Crippen molar-refractivity contribution in [2.24, 2.45) is 0 Å². The summed E-state index contributed by atoms with van der Waals surface area (Å²) in [5.74, 6) is 0.188. The molecule has 2 unspecified atom stereocenters. The van der Waals surface area contributed by atoms with Gasteiger partial charge in [0.05, 0.1) is 11.0 Å². The molecule has 18 heavy (non-hydrogen) atoms. The summed E-state index contributed by atoms with van der Waals surface area (Å²) < 4.78 is 32.2. The summed E-state index contributed by atoms with van der Waals surface area (Å²) in [5.41, 5.74) is 5.49. The van der Waals surface area contributed by atoms with E-state index in [9.17, 15) is 8.42 Å². The van der Waals surface area contributed by atoms with Crippen LogP contribution in [-0.2, 0) is 14.8 Å². The van der Waals surface area contributed by atoms with Gasteiger partial charge in [0.1, 0.15) is 5.82 Å². The van der Waals surface area contributed by atoms with Gasteiger partial charge in [-0.1, -0.05) is 0 Å². The van der Waals surface area contributed by atoms with E-state index in [-0.39, 0.29) is 22.9 Å². The van der Waals surface area contributed by atoms with E-state index in [1.54, 1.807) is 7.11 Å². The first-order chi connectivity index (χ1) is 8.53. The van der Waals surface area contributed by atoms with Crippen LogP contribution in [0.5, 0.6) is 0 Å². The van der Waals surface area contributed by atoms with Crippen molar-refractivity contribution >= 4 is 15.8 Å². The average molecular weight is 271 g/mol. The molecule has 2 atom stereocenters. The molecule has 0 aromatic carbocycles. The Hall–Kier alpha value is -1.18. The molecule has 1 fully saturated rings. The highest BCUT2D eigenvalue weighted by atomic mass is 32.2. The molecule has 0 bridgehead atoms. The largest absolute Gasteiger partial charge is 0.384 e. The first kappa shape index (κ1) is 13.3. The molecule has 1 saturated carbocycles. The van der Waals surface area contributed by atoms with Crippen LogP contribution in [0.3, 0.4) is 0 Å². The Morgan fingerprint density at radius 1 is 1.50 bits per heavy atom. The average Bonchev–Trinajstić information content (AvgIpc) is 2.75. The highest BCUT2D eigenvalue weighted by molar-refractivity contribution is 7.89. The number of methoxy groups -OCH3 is 1. The summed E-state index contributed by atoms with van der Waals surface area (Å²) in [7, 11) is -1.96.